The highest BCUT2D eigenvalue weighted by atomic mass is 32.2. The SMILES string of the molecule is CCOc1ccccc1/C=C/C(=O)Nc1ccc(S(=O)(=O)Nc2cc(C)nc(C)n2)cc1. The third kappa shape index (κ3) is 6.14. The van der Waals surface area contributed by atoms with E-state index >= 15 is 0 Å². The average molecular weight is 453 g/mol. The molecular weight excluding hydrogens is 428 g/mol. The largest absolute Gasteiger partial charge is 0.493 e. The summed E-state index contributed by atoms with van der Waals surface area (Å²) in [5.74, 6) is 1.01. The Morgan fingerprint density at radius 2 is 1.78 bits per heavy atom. The lowest BCUT2D eigenvalue weighted by Gasteiger charge is -2.09. The van der Waals surface area contributed by atoms with E-state index in [-0.39, 0.29) is 16.6 Å². The zero-order valence-corrected chi connectivity index (χ0v) is 18.8. The minimum atomic E-state index is -3.83. The number of amides is 1. The van der Waals surface area contributed by atoms with Crippen molar-refractivity contribution in [3.8, 4) is 5.75 Å². The minimum Gasteiger partial charge on any atom is -0.493 e. The van der Waals surface area contributed by atoms with Crippen molar-refractivity contribution in [2.24, 2.45) is 0 Å². The quantitative estimate of drug-likeness (QED) is 0.501. The van der Waals surface area contributed by atoms with Crippen molar-refractivity contribution < 1.29 is 17.9 Å². The van der Waals surface area contributed by atoms with Crippen molar-refractivity contribution in [1.82, 2.24) is 9.97 Å². The number of benzene rings is 2. The molecule has 2 aromatic carbocycles. The van der Waals surface area contributed by atoms with Crippen molar-refractivity contribution in [3.05, 3.63) is 77.8 Å². The molecule has 1 heterocycles. The Hall–Kier alpha value is -3.72. The fourth-order valence-corrected chi connectivity index (χ4v) is 3.93. The number of nitrogens with one attached hydrogen (secondary N) is 2. The minimum absolute atomic E-state index is 0.0469. The van der Waals surface area contributed by atoms with Crippen LogP contribution >= 0.6 is 0 Å². The molecule has 8 nitrogen and oxygen atoms in total. The van der Waals surface area contributed by atoms with E-state index in [9.17, 15) is 13.2 Å². The molecule has 0 bridgehead atoms. The highest BCUT2D eigenvalue weighted by Crippen LogP contribution is 2.20. The first-order chi connectivity index (χ1) is 15.3. The highest BCUT2D eigenvalue weighted by Gasteiger charge is 2.15. The molecule has 0 saturated heterocycles. The number of para-hydroxylation sites is 1. The van der Waals surface area contributed by atoms with Crippen molar-refractivity contribution >= 4 is 33.5 Å². The van der Waals surface area contributed by atoms with Gasteiger partial charge in [-0.05, 0) is 57.2 Å². The average Bonchev–Trinajstić information content (AvgIpc) is 2.72. The second-order valence-corrected chi connectivity index (χ2v) is 8.55. The molecule has 0 radical (unpaired) electrons. The van der Waals surface area contributed by atoms with E-state index in [4.69, 9.17) is 4.74 Å². The third-order valence-electron chi connectivity index (χ3n) is 4.27. The molecule has 0 aliphatic heterocycles. The zero-order chi connectivity index (χ0) is 23.1. The van der Waals surface area contributed by atoms with Crippen LogP contribution in [0, 0.1) is 13.8 Å². The number of anilines is 2. The topological polar surface area (TPSA) is 110 Å². The summed E-state index contributed by atoms with van der Waals surface area (Å²) in [6.45, 7) is 5.86. The number of ether oxygens (including phenoxy) is 1. The van der Waals surface area contributed by atoms with Gasteiger partial charge in [-0.2, -0.15) is 0 Å². The molecule has 0 aliphatic carbocycles. The molecule has 3 aromatic rings. The van der Waals surface area contributed by atoms with Crippen molar-refractivity contribution in [3.63, 3.8) is 0 Å². The second-order valence-electron chi connectivity index (χ2n) is 6.87. The van der Waals surface area contributed by atoms with E-state index < -0.39 is 10.0 Å². The van der Waals surface area contributed by atoms with E-state index in [0.717, 1.165) is 5.56 Å². The van der Waals surface area contributed by atoms with Gasteiger partial charge in [-0.25, -0.2) is 18.4 Å². The molecule has 0 unspecified atom stereocenters. The normalized spacial score (nSPS) is 11.3. The van der Waals surface area contributed by atoms with Gasteiger partial charge in [0.05, 0.1) is 11.5 Å². The Kier molecular flexibility index (Phi) is 7.21. The Bertz CT molecular complexity index is 1220. The maximum Gasteiger partial charge on any atom is 0.263 e. The van der Waals surface area contributed by atoms with Crippen LogP contribution in [-0.4, -0.2) is 30.9 Å². The van der Waals surface area contributed by atoms with Gasteiger partial charge in [-0.1, -0.05) is 18.2 Å². The Balaban J connectivity index is 1.67. The van der Waals surface area contributed by atoms with Gasteiger partial charge in [-0.15, -0.1) is 0 Å². The van der Waals surface area contributed by atoms with Crippen molar-refractivity contribution in [1.29, 1.82) is 0 Å². The van der Waals surface area contributed by atoms with Crippen LogP contribution in [0.5, 0.6) is 5.75 Å². The fraction of sp³-hybridized carbons (Fsp3) is 0.174. The van der Waals surface area contributed by atoms with E-state index in [1.807, 2.05) is 31.2 Å². The lowest BCUT2D eigenvalue weighted by Crippen LogP contribution is -2.15. The second kappa shape index (κ2) is 10.1. The number of carbonyl (C=O) groups is 1. The van der Waals surface area contributed by atoms with Gasteiger partial charge in [0.1, 0.15) is 17.4 Å². The van der Waals surface area contributed by atoms with Gasteiger partial charge < -0.3 is 10.1 Å². The molecule has 1 aromatic heterocycles. The number of rotatable bonds is 8. The Morgan fingerprint density at radius 3 is 2.47 bits per heavy atom. The first-order valence-corrected chi connectivity index (χ1v) is 11.4. The number of hydrogen-bond acceptors (Lipinski definition) is 6. The van der Waals surface area contributed by atoms with Crippen LogP contribution in [0.15, 0.2) is 65.6 Å². The van der Waals surface area contributed by atoms with Crippen molar-refractivity contribution in [2.45, 2.75) is 25.7 Å². The molecule has 0 fully saturated rings. The van der Waals surface area contributed by atoms with Crippen molar-refractivity contribution in [2.75, 3.05) is 16.6 Å². The Labute approximate surface area is 187 Å². The standard InChI is InChI=1S/C23H24N4O4S/c1-4-31-21-8-6-5-7-18(21)9-14-23(28)26-19-10-12-20(13-11-19)32(29,30)27-22-15-16(2)24-17(3)25-22/h5-15H,4H2,1-3H3,(H,26,28)(H,24,25,27)/b14-9+. The summed E-state index contributed by atoms with van der Waals surface area (Å²) in [4.78, 5) is 20.5. The molecule has 32 heavy (non-hydrogen) atoms. The van der Waals surface area contributed by atoms with Crippen LogP contribution in [-0.2, 0) is 14.8 Å². The van der Waals surface area contributed by atoms with Gasteiger partial charge in [0, 0.05) is 29.1 Å². The number of hydrogen-bond donors (Lipinski definition) is 2. The van der Waals surface area contributed by atoms with E-state index in [0.29, 0.717) is 29.6 Å². The van der Waals surface area contributed by atoms with Crippen LogP contribution in [0.1, 0.15) is 24.0 Å². The summed E-state index contributed by atoms with van der Waals surface area (Å²) in [5, 5.41) is 2.70. The number of nitrogens with zero attached hydrogens (tertiary/aromatic N) is 2. The summed E-state index contributed by atoms with van der Waals surface area (Å²) in [7, 11) is -3.83. The van der Waals surface area contributed by atoms with Crippen LogP contribution in [0.3, 0.4) is 0 Å². The lowest BCUT2D eigenvalue weighted by atomic mass is 10.2. The molecule has 0 aliphatic rings. The van der Waals surface area contributed by atoms with Crippen LogP contribution < -0.4 is 14.8 Å². The monoisotopic (exact) mass is 452 g/mol. The summed E-state index contributed by atoms with van der Waals surface area (Å²) >= 11 is 0. The molecule has 166 valence electrons. The molecule has 0 saturated carbocycles. The predicted molar refractivity (Wildman–Crippen MR) is 124 cm³/mol. The number of aromatic nitrogens is 2. The van der Waals surface area contributed by atoms with E-state index in [2.05, 4.69) is 20.0 Å². The van der Waals surface area contributed by atoms with E-state index in [1.165, 1.54) is 30.3 Å². The third-order valence-corrected chi connectivity index (χ3v) is 5.64. The summed E-state index contributed by atoms with van der Waals surface area (Å²) in [6.07, 6.45) is 3.05. The molecule has 2 N–H and O–H groups in total. The van der Waals surface area contributed by atoms with E-state index in [1.54, 1.807) is 26.0 Å². The lowest BCUT2D eigenvalue weighted by molar-refractivity contribution is -0.111. The van der Waals surface area contributed by atoms with Crippen LogP contribution in [0.25, 0.3) is 6.08 Å². The van der Waals surface area contributed by atoms with Gasteiger partial charge in [0.2, 0.25) is 5.91 Å². The zero-order valence-electron chi connectivity index (χ0n) is 18.0. The Morgan fingerprint density at radius 1 is 1.06 bits per heavy atom. The molecule has 3 rings (SSSR count). The molecule has 0 spiro atoms. The maximum atomic E-state index is 12.6. The summed E-state index contributed by atoms with van der Waals surface area (Å²) in [6, 6.07) is 14.8. The van der Waals surface area contributed by atoms with Gasteiger partial charge in [-0.3, -0.25) is 9.52 Å². The molecular formula is C23H24N4O4S. The molecule has 9 heteroatoms. The van der Waals surface area contributed by atoms with Gasteiger partial charge >= 0.3 is 0 Å². The maximum absolute atomic E-state index is 12.6. The predicted octanol–water partition coefficient (Wildman–Crippen LogP) is 3.94. The first-order valence-electron chi connectivity index (χ1n) is 9.93. The number of sulfonamides is 1. The molecule has 1 amide bonds. The van der Waals surface area contributed by atoms with Gasteiger partial charge in [0.25, 0.3) is 10.0 Å². The fourth-order valence-electron chi connectivity index (χ4n) is 2.94. The molecule has 0 atom stereocenters. The summed E-state index contributed by atoms with van der Waals surface area (Å²) < 4.78 is 33.2. The summed E-state index contributed by atoms with van der Waals surface area (Å²) in [5.41, 5.74) is 1.91. The van der Waals surface area contributed by atoms with Crippen LogP contribution in [0.4, 0.5) is 11.5 Å². The number of carbonyl (C=O) groups excluding carboxylic acids is 1. The number of aryl methyl sites for hydroxylation is 2. The smallest absolute Gasteiger partial charge is 0.263 e. The van der Waals surface area contributed by atoms with Crippen LogP contribution in [0.2, 0.25) is 0 Å². The first kappa shape index (κ1) is 23.0. The highest BCUT2D eigenvalue weighted by molar-refractivity contribution is 7.92. The van der Waals surface area contributed by atoms with Gasteiger partial charge in [0.15, 0.2) is 0 Å².